The van der Waals surface area contributed by atoms with Crippen LogP contribution in [0.15, 0.2) is 67.0 Å². The van der Waals surface area contributed by atoms with Gasteiger partial charge >= 0.3 is 6.18 Å². The highest BCUT2D eigenvalue weighted by molar-refractivity contribution is 5.94. The highest BCUT2D eigenvalue weighted by Crippen LogP contribution is 2.33. The molecule has 0 atom stereocenters. The van der Waals surface area contributed by atoms with E-state index in [2.05, 4.69) is 20.6 Å². The van der Waals surface area contributed by atoms with Gasteiger partial charge < -0.3 is 5.32 Å². The van der Waals surface area contributed by atoms with Crippen LogP contribution >= 0.6 is 0 Å². The minimum Gasteiger partial charge on any atom is -0.351 e. The standard InChI is InChI=1S/C22H18F3N5O/c23-22(24,25)17-10-4-9-16(12-17)18-13-19(29-30-14-27-28-20(18)30)21(31)26-11-5-8-15-6-2-1-3-7-15/h1-4,6-7,9-10,12-14H,5,8,11H2,(H,26,31). The average Bonchev–Trinajstić information content (AvgIpc) is 3.25. The second-order valence-corrected chi connectivity index (χ2v) is 6.97. The predicted octanol–water partition coefficient (Wildman–Crippen LogP) is 4.17. The Labute approximate surface area is 175 Å². The van der Waals surface area contributed by atoms with Crippen molar-refractivity contribution in [3.05, 3.63) is 83.8 Å². The molecule has 0 bridgehead atoms. The Bertz CT molecular complexity index is 1200. The molecule has 0 unspecified atom stereocenters. The van der Waals surface area contributed by atoms with Crippen molar-refractivity contribution in [1.82, 2.24) is 25.1 Å². The summed E-state index contributed by atoms with van der Waals surface area (Å²) < 4.78 is 40.7. The molecule has 0 aliphatic carbocycles. The van der Waals surface area contributed by atoms with E-state index in [1.165, 1.54) is 34.6 Å². The molecular weight excluding hydrogens is 407 g/mol. The third-order valence-corrected chi connectivity index (χ3v) is 4.77. The van der Waals surface area contributed by atoms with Crippen LogP contribution in [-0.4, -0.2) is 32.3 Å². The number of alkyl halides is 3. The van der Waals surface area contributed by atoms with Gasteiger partial charge in [-0.2, -0.15) is 22.8 Å². The Morgan fingerprint density at radius 3 is 2.61 bits per heavy atom. The molecule has 2 aromatic carbocycles. The summed E-state index contributed by atoms with van der Waals surface area (Å²) in [5, 5.41) is 14.7. The van der Waals surface area contributed by atoms with Gasteiger partial charge in [0, 0.05) is 12.1 Å². The Balaban J connectivity index is 1.55. The number of benzene rings is 2. The lowest BCUT2D eigenvalue weighted by Crippen LogP contribution is -2.26. The van der Waals surface area contributed by atoms with Crippen LogP contribution in [0.3, 0.4) is 0 Å². The predicted molar refractivity (Wildman–Crippen MR) is 108 cm³/mol. The first kappa shape index (κ1) is 20.5. The zero-order chi connectivity index (χ0) is 21.8. The second-order valence-electron chi connectivity index (χ2n) is 6.97. The van der Waals surface area contributed by atoms with E-state index >= 15 is 0 Å². The molecule has 0 radical (unpaired) electrons. The number of aromatic nitrogens is 4. The fourth-order valence-electron chi connectivity index (χ4n) is 3.24. The van der Waals surface area contributed by atoms with E-state index in [1.54, 1.807) is 0 Å². The maximum Gasteiger partial charge on any atom is 0.416 e. The Kier molecular flexibility index (Phi) is 5.66. The molecule has 2 aromatic heterocycles. The van der Waals surface area contributed by atoms with Gasteiger partial charge in [-0.15, -0.1) is 10.2 Å². The molecule has 4 aromatic rings. The summed E-state index contributed by atoms with van der Waals surface area (Å²) in [6.07, 6.45) is -1.62. The van der Waals surface area contributed by atoms with Crippen molar-refractivity contribution in [1.29, 1.82) is 0 Å². The Morgan fingerprint density at radius 2 is 1.84 bits per heavy atom. The molecule has 4 rings (SSSR count). The number of halogens is 3. The zero-order valence-electron chi connectivity index (χ0n) is 16.3. The number of rotatable bonds is 6. The maximum absolute atomic E-state index is 13.1. The van der Waals surface area contributed by atoms with Gasteiger partial charge in [0.15, 0.2) is 5.65 Å². The molecule has 0 saturated carbocycles. The van der Waals surface area contributed by atoms with Crippen LogP contribution in [0.5, 0.6) is 0 Å². The summed E-state index contributed by atoms with van der Waals surface area (Å²) in [5.74, 6) is -0.420. The number of aryl methyl sites for hydroxylation is 1. The lowest BCUT2D eigenvalue weighted by Gasteiger charge is -2.11. The molecule has 6 nitrogen and oxygen atoms in total. The lowest BCUT2D eigenvalue weighted by molar-refractivity contribution is -0.137. The summed E-state index contributed by atoms with van der Waals surface area (Å²) in [7, 11) is 0. The highest BCUT2D eigenvalue weighted by atomic mass is 19.4. The normalized spacial score (nSPS) is 11.6. The third kappa shape index (κ3) is 4.71. The van der Waals surface area contributed by atoms with Gasteiger partial charge in [0.25, 0.3) is 5.91 Å². The molecule has 9 heteroatoms. The molecule has 31 heavy (non-hydrogen) atoms. The largest absolute Gasteiger partial charge is 0.416 e. The average molecular weight is 425 g/mol. The van der Waals surface area contributed by atoms with Crippen LogP contribution in [-0.2, 0) is 12.6 Å². The van der Waals surface area contributed by atoms with Gasteiger partial charge in [-0.1, -0.05) is 42.5 Å². The second kappa shape index (κ2) is 8.55. The van der Waals surface area contributed by atoms with Crippen LogP contribution in [0.4, 0.5) is 13.2 Å². The number of carbonyl (C=O) groups excluding carboxylic acids is 1. The van der Waals surface area contributed by atoms with Crippen LogP contribution < -0.4 is 5.32 Å². The van der Waals surface area contributed by atoms with Gasteiger partial charge in [0.2, 0.25) is 0 Å². The van der Waals surface area contributed by atoms with E-state index in [0.29, 0.717) is 12.1 Å². The molecule has 158 valence electrons. The lowest BCUT2D eigenvalue weighted by atomic mass is 10.0. The van der Waals surface area contributed by atoms with Gasteiger partial charge in [-0.3, -0.25) is 4.79 Å². The summed E-state index contributed by atoms with van der Waals surface area (Å²) in [5.41, 5.74) is 1.33. The minimum atomic E-state index is -4.48. The highest BCUT2D eigenvalue weighted by Gasteiger charge is 2.30. The van der Waals surface area contributed by atoms with Crippen LogP contribution in [0, 0.1) is 0 Å². The maximum atomic E-state index is 13.1. The number of hydrogen-bond acceptors (Lipinski definition) is 4. The first-order chi connectivity index (χ1) is 14.9. The third-order valence-electron chi connectivity index (χ3n) is 4.77. The molecule has 0 spiro atoms. The van der Waals surface area contributed by atoms with Crippen molar-refractivity contribution in [2.75, 3.05) is 6.54 Å². The Morgan fingerprint density at radius 1 is 1.03 bits per heavy atom. The van der Waals surface area contributed by atoms with E-state index in [-0.39, 0.29) is 16.9 Å². The molecule has 1 amide bonds. The molecule has 1 N–H and O–H groups in total. The van der Waals surface area contributed by atoms with E-state index in [4.69, 9.17) is 0 Å². The summed E-state index contributed by atoms with van der Waals surface area (Å²) in [6.45, 7) is 0.439. The van der Waals surface area contributed by atoms with Gasteiger partial charge in [-0.05, 0) is 42.2 Å². The quantitative estimate of drug-likeness (QED) is 0.471. The minimum absolute atomic E-state index is 0.0689. The van der Waals surface area contributed by atoms with Crippen LogP contribution in [0.2, 0.25) is 0 Å². The summed E-state index contributed by atoms with van der Waals surface area (Å²) in [4.78, 5) is 12.6. The van der Waals surface area contributed by atoms with Gasteiger partial charge in [0.05, 0.1) is 5.56 Å². The first-order valence-electron chi connectivity index (χ1n) is 9.62. The fourth-order valence-corrected chi connectivity index (χ4v) is 3.24. The molecular formula is C22H18F3N5O. The van der Waals surface area contributed by atoms with Crippen LogP contribution in [0.1, 0.15) is 28.0 Å². The van der Waals surface area contributed by atoms with Crippen molar-refractivity contribution < 1.29 is 18.0 Å². The summed E-state index contributed by atoms with van der Waals surface area (Å²) in [6, 6.07) is 16.2. The van der Waals surface area contributed by atoms with E-state index in [0.717, 1.165) is 25.0 Å². The van der Waals surface area contributed by atoms with Gasteiger partial charge in [-0.25, -0.2) is 0 Å². The molecule has 0 aliphatic heterocycles. The van der Waals surface area contributed by atoms with Crippen molar-refractivity contribution in [2.24, 2.45) is 0 Å². The van der Waals surface area contributed by atoms with E-state index in [1.807, 2.05) is 30.3 Å². The summed E-state index contributed by atoms with van der Waals surface area (Å²) >= 11 is 0. The van der Waals surface area contributed by atoms with Crippen LogP contribution in [0.25, 0.3) is 16.8 Å². The topological polar surface area (TPSA) is 72.2 Å². The van der Waals surface area contributed by atoms with Gasteiger partial charge in [0.1, 0.15) is 12.0 Å². The molecule has 0 saturated heterocycles. The zero-order valence-corrected chi connectivity index (χ0v) is 16.3. The van der Waals surface area contributed by atoms with E-state index in [9.17, 15) is 18.0 Å². The number of amides is 1. The van der Waals surface area contributed by atoms with Crippen molar-refractivity contribution >= 4 is 11.6 Å². The van der Waals surface area contributed by atoms with Crippen molar-refractivity contribution in [2.45, 2.75) is 19.0 Å². The number of hydrogen-bond donors (Lipinski definition) is 1. The Hall–Kier alpha value is -3.75. The number of carbonyl (C=O) groups is 1. The number of fused-ring (bicyclic) bond motifs is 1. The van der Waals surface area contributed by atoms with Crippen molar-refractivity contribution in [3.8, 4) is 11.1 Å². The number of nitrogens with one attached hydrogen (secondary N) is 1. The fraction of sp³-hybridized carbons (Fsp3) is 0.182. The first-order valence-corrected chi connectivity index (χ1v) is 9.62. The smallest absolute Gasteiger partial charge is 0.351 e. The molecule has 2 heterocycles. The monoisotopic (exact) mass is 425 g/mol. The molecule has 0 fully saturated rings. The van der Waals surface area contributed by atoms with E-state index < -0.39 is 17.6 Å². The number of nitrogens with zero attached hydrogens (tertiary/aromatic N) is 4. The van der Waals surface area contributed by atoms with Crippen molar-refractivity contribution in [3.63, 3.8) is 0 Å². The molecule has 0 aliphatic rings. The SMILES string of the molecule is O=C(NCCCc1ccccc1)c1cc(-c2cccc(C(F)(F)F)c2)c2nncn2n1.